The molecular weight excluding hydrogens is 1350 g/mol. The summed E-state index contributed by atoms with van der Waals surface area (Å²) in [6.07, 6.45) is 2.52. The van der Waals surface area contributed by atoms with Crippen LogP contribution in [0.5, 0.6) is 0 Å². The Labute approximate surface area is 640 Å². The van der Waals surface area contributed by atoms with Crippen molar-refractivity contribution < 1.29 is 20.9 Å². The van der Waals surface area contributed by atoms with E-state index in [1.54, 1.807) is 0 Å². The van der Waals surface area contributed by atoms with Crippen LogP contribution in [0.1, 0.15) is 206 Å². The minimum Gasteiger partial charge on any atom is -0.455 e. The van der Waals surface area contributed by atoms with Gasteiger partial charge in [0.15, 0.2) is 33.3 Å². The van der Waals surface area contributed by atoms with Gasteiger partial charge in [-0.05, 0) is 122 Å². The van der Waals surface area contributed by atoms with Gasteiger partial charge in [0.1, 0.15) is 0 Å². The second-order valence-electron chi connectivity index (χ2n) is 21.8. The van der Waals surface area contributed by atoms with Crippen molar-refractivity contribution in [2.24, 2.45) is 22.9 Å². The van der Waals surface area contributed by atoms with Crippen molar-refractivity contribution in [3.8, 4) is 0 Å². The molecule has 0 aliphatic heterocycles. The predicted octanol–water partition coefficient (Wildman–Crippen LogP) is 24.2. The topological polar surface area (TPSA) is 150 Å². The smallest absolute Gasteiger partial charge is 0.359 e. The van der Waals surface area contributed by atoms with Crippen LogP contribution in [0.2, 0.25) is 83.6 Å². The van der Waals surface area contributed by atoms with Crippen molar-refractivity contribution in [1.29, 1.82) is 0 Å². The van der Waals surface area contributed by atoms with Crippen molar-refractivity contribution >= 4 is 97.9 Å². The van der Waals surface area contributed by atoms with Gasteiger partial charge < -0.3 is 43.8 Å². The van der Waals surface area contributed by atoms with Crippen LogP contribution in [0.3, 0.4) is 0 Å². The number of hydrogen-bond acceptors (Lipinski definition) is 9. The predicted molar refractivity (Wildman–Crippen MR) is 506 cm³/mol. The maximum Gasteiger partial charge on any atom is 0.359 e. The number of hydrogen-bond donors (Lipinski definition) is 4. The zero-order valence-corrected chi connectivity index (χ0v) is 56.3. The molecule has 0 fully saturated rings. The van der Waals surface area contributed by atoms with Gasteiger partial charge in [0, 0.05) is 31.3 Å². The first-order valence-electron chi connectivity index (χ1n) is 27.0. The molecule has 0 spiro atoms. The lowest BCUT2D eigenvalue weighted by molar-refractivity contribution is 0.268. The molecule has 0 bridgehead atoms. The van der Waals surface area contributed by atoms with Gasteiger partial charge in [0.05, 0.1) is 0 Å². The summed E-state index contributed by atoms with van der Waals surface area (Å²) >= 11 is 0. The zero-order valence-electron chi connectivity index (χ0n) is 48.3. The average molecular weight is 1540 g/mol. The molecule has 17 heteroatoms. The lowest BCUT2D eigenvalue weighted by Gasteiger charge is -2.42. The van der Waals surface area contributed by atoms with Crippen molar-refractivity contribution in [1.82, 2.24) is 0 Å². The van der Waals surface area contributed by atoms with Crippen molar-refractivity contribution in [3.05, 3.63) is 182 Å². The van der Waals surface area contributed by atoms with Crippen LogP contribution >= 0.6 is 0 Å². The minimum absolute atomic E-state index is 0. The van der Waals surface area contributed by atoms with Gasteiger partial charge in [-0.3, -0.25) is 0 Å². The van der Waals surface area contributed by atoms with Gasteiger partial charge in [-0.15, -0.1) is 0 Å². The summed E-state index contributed by atoms with van der Waals surface area (Å²) in [5.41, 5.74) is 24.0. The first kappa shape index (κ1) is 158. The molecule has 0 radical (unpaired) electrons. The molecule has 0 aliphatic carbocycles. The maximum atomic E-state index is 7.62. The number of rotatable bonds is 23. The summed E-state index contributed by atoms with van der Waals surface area (Å²) in [6.45, 7) is 31.4. The Bertz CT molecular complexity index is 2250. The second-order valence-corrected chi connectivity index (χ2v) is 54.3. The van der Waals surface area contributed by atoms with Gasteiger partial charge in [-0.25, -0.2) is 0 Å². The van der Waals surface area contributed by atoms with E-state index in [-0.39, 0.29) is 178 Å². The monoisotopic (exact) mass is 1540 g/mol. The highest BCUT2D eigenvalue weighted by molar-refractivity contribution is 7.09. The number of benzene rings is 6. The fourth-order valence-electron chi connectivity index (χ4n) is 8.80. The Morgan fingerprint density at radius 3 is 0.646 bits per heavy atom. The summed E-state index contributed by atoms with van der Waals surface area (Å²) < 4.78 is 32.6. The van der Waals surface area contributed by atoms with Gasteiger partial charge in [0.25, 0.3) is 8.32 Å². The van der Waals surface area contributed by atoms with Gasteiger partial charge in [0.2, 0.25) is 16.6 Å². The molecule has 2 unspecified atom stereocenters. The van der Waals surface area contributed by atoms with Crippen LogP contribution < -0.4 is 54.1 Å². The molecule has 0 aliphatic rings. The molecule has 6 rings (SSSR count). The van der Waals surface area contributed by atoms with Crippen LogP contribution in [0.25, 0.3) is 0 Å². The third-order valence-corrected chi connectivity index (χ3v) is 45.3. The van der Waals surface area contributed by atoms with Crippen LogP contribution in [0, 0.1) is 0 Å². The molecule has 9 nitrogen and oxygen atoms in total. The molecule has 0 saturated heterocycles. The van der Waals surface area contributed by atoms with Gasteiger partial charge >= 0.3 is 8.56 Å². The van der Waals surface area contributed by atoms with E-state index in [9.17, 15) is 0 Å². The molecule has 0 amide bonds. The van der Waals surface area contributed by atoms with Crippen molar-refractivity contribution in [3.63, 3.8) is 0 Å². The van der Waals surface area contributed by atoms with Crippen LogP contribution in [0.15, 0.2) is 182 Å². The molecule has 99 heavy (non-hydrogen) atoms. The Balaban J connectivity index is -0.0000000395. The van der Waals surface area contributed by atoms with Crippen LogP contribution in [0.4, 0.5) is 0 Å². The van der Waals surface area contributed by atoms with E-state index in [0.717, 1.165) is 23.6 Å². The van der Waals surface area contributed by atoms with E-state index in [1.165, 1.54) is 38.0 Å². The quantitative estimate of drug-likeness (QED) is 0.0460. The summed E-state index contributed by atoms with van der Waals surface area (Å²) in [5, 5.41) is 7.40. The molecule has 602 valence electrons. The SMILES string of the molecule is C.C.C.C.C.C.C.C.C.C.C.C.C.C.C.C.C.C.C.C.C.C.C.C.CCO[Si](C)(O[Si](C)(CN)c1ccccc1)c1ccccc1.CC[Si](C)(C)O[Si](C)(C)CN.CC[Si](C)(C)O[Si](C)(C)CN.CC[Si](O[Si](CN)(c1ccccc1)c1ccccc1)(c1ccccc1)c1ccccc1. The van der Waals surface area contributed by atoms with Crippen LogP contribution in [-0.2, 0) is 20.9 Å². The first-order valence-corrected chi connectivity index (χ1v) is 48.7. The fourth-order valence-corrected chi connectivity index (χ4v) is 40.2. The summed E-state index contributed by atoms with van der Waals surface area (Å²) in [5.74, 6) is 0. The van der Waals surface area contributed by atoms with E-state index in [0.29, 0.717) is 18.9 Å². The molecule has 0 heterocycles. The van der Waals surface area contributed by atoms with Crippen LogP contribution in [-0.4, -0.2) is 98.1 Å². The third kappa shape index (κ3) is 48.4. The molecule has 6 aromatic rings. The summed E-state index contributed by atoms with van der Waals surface area (Å²) in [6, 6.07) is 66.7. The third-order valence-electron chi connectivity index (χ3n) is 13.8. The summed E-state index contributed by atoms with van der Waals surface area (Å²) in [4.78, 5) is 0. The molecule has 2 atom stereocenters. The van der Waals surface area contributed by atoms with Crippen molar-refractivity contribution in [2.75, 3.05) is 31.3 Å². The van der Waals surface area contributed by atoms with Gasteiger partial charge in [-0.2, -0.15) is 0 Å². The van der Waals surface area contributed by atoms with E-state index < -0.39 is 66.8 Å². The fraction of sp³-hybridized carbons (Fsp3) is 0.561. The highest BCUT2D eigenvalue weighted by Crippen LogP contribution is 2.22. The Morgan fingerprint density at radius 1 is 0.232 bits per heavy atom. The van der Waals surface area contributed by atoms with E-state index in [4.69, 9.17) is 43.8 Å². The molecule has 8 N–H and O–H groups in total. The first-order chi connectivity index (χ1) is 35.4. The Kier molecular flexibility index (Phi) is 119. The minimum atomic E-state index is -2.70. The molecule has 6 aromatic carbocycles. The van der Waals surface area contributed by atoms with E-state index in [2.05, 4.69) is 232 Å². The molecular formula is C82H192N4O5Si8. The standard InChI is InChI=1S/C27H29NOSi2.C17H25NO2Si2.2C7H21NOSi2.24CH4/c1-2-30(24-15-7-3-8-16-24,25-17-9-4-10-18-25)29-31(23-28,26-19-11-5-12-20-26)27-21-13-6-14-22-27;1-4-19-22(3,17-13-9-6-10-14-17)20-21(2,15-18)16-11-7-5-8-12-16;2*1-6-10(2,3)9-11(4,5)7-8;;;;;;;;;;;;;;;;;;;;;;;;/h3-22H,2,23,28H2,1H3;5-14H,4,15,18H2,1-3H3;2*6-8H2,1-5H3;24*1H4. The van der Waals surface area contributed by atoms with E-state index in [1.807, 2.05) is 43.3 Å². The number of nitrogens with two attached hydrogens (primary N) is 4. The Morgan fingerprint density at radius 2 is 0.455 bits per heavy atom. The largest absolute Gasteiger partial charge is 0.455 e. The highest BCUT2D eigenvalue weighted by atomic mass is 28.4. The maximum absolute atomic E-state index is 7.62. The van der Waals surface area contributed by atoms with E-state index >= 15 is 0 Å². The molecule has 0 aromatic heterocycles. The summed E-state index contributed by atoms with van der Waals surface area (Å²) in [7, 11) is -15.7. The normalized spacial score (nSPS) is 10.5. The highest BCUT2D eigenvalue weighted by Gasteiger charge is 2.49. The second kappa shape index (κ2) is 74.4. The van der Waals surface area contributed by atoms with Gasteiger partial charge in [-0.1, -0.05) is 381 Å². The zero-order chi connectivity index (χ0) is 55.9. The Hall–Kier alpha value is -3.30. The average Bonchev–Trinajstić information content (AvgIpc) is 3.43. The lowest BCUT2D eigenvalue weighted by atomic mass is 10.4. The van der Waals surface area contributed by atoms with Crippen molar-refractivity contribution in [2.45, 2.75) is 290 Å². The lowest BCUT2D eigenvalue weighted by Crippen LogP contribution is -2.75. The molecule has 0 saturated carbocycles.